The van der Waals surface area contributed by atoms with Crippen molar-refractivity contribution in [3.05, 3.63) is 6.20 Å². The summed E-state index contributed by atoms with van der Waals surface area (Å²) < 4.78 is 1.70. The molecule has 0 aromatic carbocycles. The van der Waals surface area contributed by atoms with Gasteiger partial charge in [-0.25, -0.2) is 0 Å². The van der Waals surface area contributed by atoms with Gasteiger partial charge in [-0.2, -0.15) is 0 Å². The van der Waals surface area contributed by atoms with Gasteiger partial charge >= 0.3 is 0 Å². The van der Waals surface area contributed by atoms with Crippen LogP contribution in [0.4, 0.5) is 5.69 Å². The van der Waals surface area contributed by atoms with Gasteiger partial charge in [0.05, 0.1) is 11.9 Å². The lowest BCUT2D eigenvalue weighted by atomic mass is 10.5. The van der Waals surface area contributed by atoms with E-state index in [-0.39, 0.29) is 0 Å². The molecule has 0 aliphatic carbocycles. The van der Waals surface area contributed by atoms with Gasteiger partial charge in [0.2, 0.25) is 0 Å². The molecule has 1 heterocycles. The summed E-state index contributed by atoms with van der Waals surface area (Å²) in [6.45, 7) is 3.75. The fourth-order valence-corrected chi connectivity index (χ4v) is 0.962. The summed E-state index contributed by atoms with van der Waals surface area (Å²) in [5, 5.41) is 8.01. The van der Waals surface area contributed by atoms with Crippen molar-refractivity contribution < 1.29 is 4.84 Å². The molecule has 0 spiro atoms. The van der Waals surface area contributed by atoms with E-state index < -0.39 is 0 Å². The minimum atomic E-state index is 0.527. The van der Waals surface area contributed by atoms with Gasteiger partial charge in [0.25, 0.3) is 5.88 Å². The molecule has 0 aliphatic heterocycles. The summed E-state index contributed by atoms with van der Waals surface area (Å²) in [7, 11) is 5.72. The quantitative estimate of drug-likeness (QED) is 0.540. The van der Waals surface area contributed by atoms with Crippen molar-refractivity contribution in [2.24, 2.45) is 12.2 Å². The van der Waals surface area contributed by atoms with Gasteiger partial charge in [-0.1, -0.05) is 5.16 Å². The maximum Gasteiger partial charge on any atom is 0.290 e. The van der Waals surface area contributed by atoms with E-state index in [2.05, 4.69) is 10.3 Å². The first-order chi connectivity index (χ1) is 6.50. The molecule has 14 heavy (non-hydrogen) atoms. The Kier molecular flexibility index (Phi) is 3.11. The van der Waals surface area contributed by atoms with E-state index in [9.17, 15) is 0 Å². The van der Waals surface area contributed by atoms with Gasteiger partial charge in [0.1, 0.15) is 5.69 Å². The van der Waals surface area contributed by atoms with Crippen molar-refractivity contribution in [1.29, 1.82) is 0 Å². The van der Waals surface area contributed by atoms with Crippen molar-refractivity contribution in [3.63, 3.8) is 0 Å². The number of aryl methyl sites for hydroxylation is 1. The number of hydrogen-bond acceptors (Lipinski definition) is 4. The highest BCUT2D eigenvalue weighted by Crippen LogP contribution is 2.24. The number of aromatic nitrogens is 2. The Morgan fingerprint density at radius 3 is 2.64 bits per heavy atom. The normalized spacial score (nSPS) is 9.79. The molecule has 0 saturated heterocycles. The maximum atomic E-state index is 5.20. The van der Waals surface area contributed by atoms with E-state index in [1.165, 1.54) is 0 Å². The van der Waals surface area contributed by atoms with Crippen LogP contribution in [-0.4, -0.2) is 29.6 Å². The fraction of sp³-hybridized carbons (Fsp3) is 0.556. The second-order valence-electron chi connectivity index (χ2n) is 3.52. The topological polar surface area (TPSA) is 42.7 Å². The summed E-state index contributed by atoms with van der Waals surface area (Å²) in [6, 6.07) is 0. The molecule has 5 nitrogen and oxygen atoms in total. The first-order valence-electron chi connectivity index (χ1n) is 4.40. The zero-order valence-electron chi connectivity index (χ0n) is 9.27. The molecule has 0 unspecified atom stereocenters. The Morgan fingerprint density at radius 2 is 2.14 bits per heavy atom. The van der Waals surface area contributed by atoms with E-state index in [1.807, 2.05) is 46.1 Å². The van der Waals surface area contributed by atoms with Gasteiger partial charge < -0.3 is 9.74 Å². The van der Waals surface area contributed by atoms with Crippen LogP contribution in [0.5, 0.6) is 5.88 Å². The van der Waals surface area contributed by atoms with Crippen molar-refractivity contribution in [3.8, 4) is 5.88 Å². The van der Waals surface area contributed by atoms with Crippen LogP contribution >= 0.6 is 0 Å². The highest BCUT2D eigenvalue weighted by atomic mass is 16.6. The number of hydrogen-bond donors (Lipinski definition) is 0. The van der Waals surface area contributed by atoms with Crippen molar-refractivity contribution in [2.45, 2.75) is 13.8 Å². The molecule has 0 fully saturated rings. The molecule has 0 amide bonds. The van der Waals surface area contributed by atoms with Gasteiger partial charge in [-0.05, 0) is 13.8 Å². The van der Waals surface area contributed by atoms with Crippen LogP contribution in [0.15, 0.2) is 11.4 Å². The second kappa shape index (κ2) is 4.13. The Morgan fingerprint density at radius 1 is 1.50 bits per heavy atom. The van der Waals surface area contributed by atoms with Crippen LogP contribution in [0.1, 0.15) is 13.8 Å². The van der Waals surface area contributed by atoms with Crippen molar-refractivity contribution in [2.75, 3.05) is 19.0 Å². The van der Waals surface area contributed by atoms with E-state index in [0.717, 1.165) is 11.4 Å². The number of anilines is 1. The lowest BCUT2D eigenvalue weighted by Crippen LogP contribution is -2.08. The maximum absolute atomic E-state index is 5.20. The third-order valence-electron chi connectivity index (χ3n) is 1.57. The molecule has 0 radical (unpaired) electrons. The molecule has 0 bridgehead atoms. The van der Waals surface area contributed by atoms with E-state index in [0.29, 0.717) is 5.88 Å². The average Bonchev–Trinajstić information content (AvgIpc) is 2.43. The first kappa shape index (κ1) is 10.6. The molecule has 5 heteroatoms. The van der Waals surface area contributed by atoms with E-state index in [1.54, 1.807) is 4.68 Å². The molecule has 0 saturated carbocycles. The lowest BCUT2D eigenvalue weighted by Gasteiger charge is -2.09. The predicted octanol–water partition coefficient (Wildman–Crippen LogP) is 1.26. The molecule has 1 aromatic heterocycles. The van der Waals surface area contributed by atoms with Crippen LogP contribution in [0.3, 0.4) is 0 Å². The SMILES string of the molecule is CC(C)=NOc1nn(C)cc1N(C)C. The molecule has 78 valence electrons. The Hall–Kier alpha value is -1.52. The Balaban J connectivity index is 2.90. The molecule has 1 aromatic rings. The fourth-order valence-electron chi connectivity index (χ4n) is 0.962. The minimum Gasteiger partial charge on any atom is -0.372 e. The van der Waals surface area contributed by atoms with E-state index in [4.69, 9.17) is 4.84 Å². The minimum absolute atomic E-state index is 0.527. The van der Waals surface area contributed by atoms with Gasteiger partial charge in [-0.15, -0.1) is 5.10 Å². The van der Waals surface area contributed by atoms with Crippen molar-refractivity contribution in [1.82, 2.24) is 9.78 Å². The summed E-state index contributed by atoms with van der Waals surface area (Å²) in [5.74, 6) is 0.527. The zero-order valence-corrected chi connectivity index (χ0v) is 9.27. The number of rotatable bonds is 3. The van der Waals surface area contributed by atoms with Crippen LogP contribution in [0.25, 0.3) is 0 Å². The first-order valence-corrected chi connectivity index (χ1v) is 4.40. The lowest BCUT2D eigenvalue weighted by molar-refractivity contribution is 0.324. The Labute approximate surface area is 84.0 Å². The molecule has 0 atom stereocenters. The van der Waals surface area contributed by atoms with E-state index >= 15 is 0 Å². The van der Waals surface area contributed by atoms with Crippen LogP contribution in [-0.2, 0) is 7.05 Å². The van der Waals surface area contributed by atoms with Gasteiger partial charge in [0.15, 0.2) is 0 Å². The Bertz CT molecular complexity index is 337. The molecular formula is C9H16N4O. The van der Waals surface area contributed by atoms with Crippen molar-refractivity contribution >= 4 is 11.4 Å². The predicted molar refractivity (Wildman–Crippen MR) is 56.9 cm³/mol. The molecule has 0 aliphatic rings. The zero-order chi connectivity index (χ0) is 10.7. The number of nitrogens with zero attached hydrogens (tertiary/aromatic N) is 4. The summed E-state index contributed by atoms with van der Waals surface area (Å²) in [5.41, 5.74) is 1.78. The van der Waals surface area contributed by atoms with Crippen LogP contribution in [0.2, 0.25) is 0 Å². The highest BCUT2D eigenvalue weighted by molar-refractivity contribution is 5.78. The molecular weight excluding hydrogens is 180 g/mol. The second-order valence-corrected chi connectivity index (χ2v) is 3.52. The summed E-state index contributed by atoms with van der Waals surface area (Å²) in [4.78, 5) is 7.13. The smallest absolute Gasteiger partial charge is 0.290 e. The summed E-state index contributed by atoms with van der Waals surface area (Å²) in [6.07, 6.45) is 1.88. The highest BCUT2D eigenvalue weighted by Gasteiger charge is 2.10. The van der Waals surface area contributed by atoms with Gasteiger partial charge in [0, 0.05) is 21.1 Å². The largest absolute Gasteiger partial charge is 0.372 e. The third kappa shape index (κ3) is 2.48. The van der Waals surface area contributed by atoms with Crippen LogP contribution < -0.4 is 9.74 Å². The van der Waals surface area contributed by atoms with Gasteiger partial charge in [-0.3, -0.25) is 4.68 Å². The standard InChI is InChI=1S/C9H16N4O/c1-7(2)11-14-9-8(12(3)4)6-13(5)10-9/h6H,1-5H3. The number of oxime groups is 1. The average molecular weight is 196 g/mol. The third-order valence-corrected chi connectivity index (χ3v) is 1.57. The monoisotopic (exact) mass is 196 g/mol. The molecule has 1 rings (SSSR count). The van der Waals surface area contributed by atoms with Crippen LogP contribution in [0, 0.1) is 0 Å². The molecule has 0 N–H and O–H groups in total. The summed E-state index contributed by atoms with van der Waals surface area (Å²) >= 11 is 0.